The SMILES string of the molecule is Cc1ccc(N[C@H]2C[C@H](C)N(C(=O)C3CC3)c3ccc(C)cc32)cc1. The number of benzene rings is 2. The van der Waals surface area contributed by atoms with Gasteiger partial charge >= 0.3 is 0 Å². The number of nitrogens with zero attached hydrogens (tertiary/aromatic N) is 1. The Labute approximate surface area is 150 Å². The smallest absolute Gasteiger partial charge is 0.230 e. The summed E-state index contributed by atoms with van der Waals surface area (Å²) in [5.74, 6) is 0.560. The summed E-state index contributed by atoms with van der Waals surface area (Å²) in [6.07, 6.45) is 3.03. The highest BCUT2D eigenvalue weighted by Crippen LogP contribution is 2.42. The third kappa shape index (κ3) is 3.15. The van der Waals surface area contributed by atoms with Gasteiger partial charge in [0.1, 0.15) is 0 Å². The molecule has 1 saturated carbocycles. The average Bonchev–Trinajstić information content (AvgIpc) is 3.42. The van der Waals surface area contributed by atoms with E-state index in [1.165, 1.54) is 16.7 Å². The van der Waals surface area contributed by atoms with Gasteiger partial charge in [0.15, 0.2) is 0 Å². The van der Waals surface area contributed by atoms with Crippen molar-refractivity contribution < 1.29 is 4.79 Å². The Morgan fingerprint density at radius 2 is 1.72 bits per heavy atom. The van der Waals surface area contributed by atoms with Crippen LogP contribution in [-0.4, -0.2) is 11.9 Å². The summed E-state index contributed by atoms with van der Waals surface area (Å²) in [4.78, 5) is 14.9. The maximum atomic E-state index is 12.8. The Balaban J connectivity index is 1.69. The third-order valence-electron chi connectivity index (χ3n) is 5.39. The molecule has 2 aromatic carbocycles. The van der Waals surface area contributed by atoms with Crippen molar-refractivity contribution >= 4 is 17.3 Å². The van der Waals surface area contributed by atoms with Gasteiger partial charge in [0.25, 0.3) is 0 Å². The van der Waals surface area contributed by atoms with Gasteiger partial charge in [0.2, 0.25) is 5.91 Å². The minimum Gasteiger partial charge on any atom is -0.378 e. The molecule has 0 saturated heterocycles. The van der Waals surface area contributed by atoms with Crippen molar-refractivity contribution in [1.82, 2.24) is 0 Å². The summed E-state index contributed by atoms with van der Waals surface area (Å²) in [5, 5.41) is 3.69. The number of anilines is 2. The number of rotatable bonds is 3. The third-order valence-corrected chi connectivity index (χ3v) is 5.39. The summed E-state index contributed by atoms with van der Waals surface area (Å²) < 4.78 is 0. The summed E-state index contributed by atoms with van der Waals surface area (Å²) >= 11 is 0. The molecule has 1 aliphatic heterocycles. The average molecular weight is 334 g/mol. The molecule has 0 spiro atoms. The van der Waals surface area contributed by atoms with E-state index in [-0.39, 0.29) is 18.0 Å². The van der Waals surface area contributed by atoms with Gasteiger partial charge in [-0.25, -0.2) is 0 Å². The molecule has 4 rings (SSSR count). The van der Waals surface area contributed by atoms with Gasteiger partial charge in [-0.15, -0.1) is 0 Å². The van der Waals surface area contributed by atoms with E-state index in [0.29, 0.717) is 5.91 Å². The van der Waals surface area contributed by atoms with Crippen LogP contribution in [0.4, 0.5) is 11.4 Å². The van der Waals surface area contributed by atoms with Crippen LogP contribution in [0.5, 0.6) is 0 Å². The van der Waals surface area contributed by atoms with Gasteiger partial charge < -0.3 is 10.2 Å². The molecule has 2 aliphatic rings. The molecule has 0 aromatic heterocycles. The highest BCUT2D eigenvalue weighted by Gasteiger charge is 2.40. The number of carbonyl (C=O) groups is 1. The Bertz CT molecular complexity index is 792. The lowest BCUT2D eigenvalue weighted by molar-refractivity contribution is -0.120. The van der Waals surface area contributed by atoms with E-state index in [1.54, 1.807) is 0 Å². The van der Waals surface area contributed by atoms with Crippen molar-refractivity contribution in [3.63, 3.8) is 0 Å². The number of hydrogen-bond acceptors (Lipinski definition) is 2. The van der Waals surface area contributed by atoms with Crippen LogP contribution < -0.4 is 10.2 Å². The fourth-order valence-corrected chi connectivity index (χ4v) is 3.83. The molecule has 2 atom stereocenters. The number of hydrogen-bond donors (Lipinski definition) is 1. The van der Waals surface area contributed by atoms with Gasteiger partial charge in [-0.05, 0) is 63.8 Å². The summed E-state index contributed by atoms with van der Waals surface area (Å²) in [6, 6.07) is 15.5. The number of fused-ring (bicyclic) bond motifs is 1. The largest absolute Gasteiger partial charge is 0.378 e. The zero-order valence-electron chi connectivity index (χ0n) is 15.3. The zero-order chi connectivity index (χ0) is 17.6. The Morgan fingerprint density at radius 1 is 1.04 bits per heavy atom. The molecule has 0 bridgehead atoms. The van der Waals surface area contributed by atoms with Crippen molar-refractivity contribution in [2.75, 3.05) is 10.2 Å². The standard InChI is InChI=1S/C22H26N2O/c1-14-4-9-18(10-5-14)23-20-13-16(3)24(22(25)17-7-8-17)21-11-6-15(2)12-19(20)21/h4-6,9-12,16-17,20,23H,7-8,13H2,1-3H3/t16-,20-/m0/s1. The van der Waals surface area contributed by atoms with Crippen LogP contribution in [0, 0.1) is 19.8 Å². The lowest BCUT2D eigenvalue weighted by Gasteiger charge is -2.40. The predicted octanol–water partition coefficient (Wildman–Crippen LogP) is 4.99. The van der Waals surface area contributed by atoms with Gasteiger partial charge in [0.05, 0.1) is 6.04 Å². The van der Waals surface area contributed by atoms with E-state index >= 15 is 0 Å². The second-order valence-corrected chi connectivity index (χ2v) is 7.69. The van der Waals surface area contributed by atoms with Crippen molar-refractivity contribution in [2.24, 2.45) is 5.92 Å². The first-order valence-electron chi connectivity index (χ1n) is 9.30. The van der Waals surface area contributed by atoms with E-state index < -0.39 is 0 Å². The lowest BCUT2D eigenvalue weighted by atomic mass is 9.90. The highest BCUT2D eigenvalue weighted by molar-refractivity contribution is 5.98. The maximum absolute atomic E-state index is 12.8. The minimum absolute atomic E-state index is 0.214. The first-order valence-corrected chi connectivity index (χ1v) is 9.30. The number of nitrogens with one attached hydrogen (secondary N) is 1. The molecular weight excluding hydrogens is 308 g/mol. The van der Waals surface area contributed by atoms with E-state index in [4.69, 9.17) is 0 Å². The van der Waals surface area contributed by atoms with E-state index in [0.717, 1.165) is 30.6 Å². The van der Waals surface area contributed by atoms with Crippen LogP contribution in [0.2, 0.25) is 0 Å². The Hall–Kier alpha value is -2.29. The van der Waals surface area contributed by atoms with Crippen molar-refractivity contribution in [2.45, 2.75) is 52.1 Å². The topological polar surface area (TPSA) is 32.3 Å². The molecule has 2 aromatic rings. The van der Waals surface area contributed by atoms with Gasteiger partial charge in [-0.3, -0.25) is 4.79 Å². The minimum atomic E-state index is 0.214. The van der Waals surface area contributed by atoms with Gasteiger partial charge in [0, 0.05) is 23.3 Å². The van der Waals surface area contributed by atoms with Gasteiger partial charge in [-0.1, -0.05) is 35.4 Å². The van der Waals surface area contributed by atoms with Crippen LogP contribution in [0.3, 0.4) is 0 Å². The molecule has 1 N–H and O–H groups in total. The highest BCUT2D eigenvalue weighted by atomic mass is 16.2. The van der Waals surface area contributed by atoms with E-state index in [9.17, 15) is 4.79 Å². The summed E-state index contributed by atoms with van der Waals surface area (Å²) in [6.45, 7) is 6.40. The zero-order valence-corrected chi connectivity index (χ0v) is 15.3. The first-order chi connectivity index (χ1) is 12.0. The van der Waals surface area contributed by atoms with Crippen molar-refractivity contribution in [1.29, 1.82) is 0 Å². The number of aryl methyl sites for hydroxylation is 2. The fourth-order valence-electron chi connectivity index (χ4n) is 3.83. The quantitative estimate of drug-likeness (QED) is 0.857. The second kappa shape index (κ2) is 6.21. The Kier molecular flexibility index (Phi) is 4.03. The fraction of sp³-hybridized carbons (Fsp3) is 0.409. The van der Waals surface area contributed by atoms with Crippen LogP contribution in [0.25, 0.3) is 0 Å². The van der Waals surface area contributed by atoms with E-state index in [1.807, 2.05) is 0 Å². The molecule has 25 heavy (non-hydrogen) atoms. The molecule has 130 valence electrons. The molecule has 1 heterocycles. The second-order valence-electron chi connectivity index (χ2n) is 7.69. The molecule has 3 nitrogen and oxygen atoms in total. The molecule has 3 heteroatoms. The van der Waals surface area contributed by atoms with Crippen LogP contribution in [0.1, 0.15) is 48.9 Å². The number of amides is 1. The van der Waals surface area contributed by atoms with Crippen molar-refractivity contribution in [3.8, 4) is 0 Å². The van der Waals surface area contributed by atoms with Crippen LogP contribution in [-0.2, 0) is 4.79 Å². The maximum Gasteiger partial charge on any atom is 0.230 e. The molecule has 0 radical (unpaired) electrons. The number of carbonyl (C=O) groups excluding carboxylic acids is 1. The normalized spacial score (nSPS) is 22.4. The molecule has 0 unspecified atom stereocenters. The van der Waals surface area contributed by atoms with Crippen molar-refractivity contribution in [3.05, 3.63) is 59.2 Å². The summed E-state index contributed by atoms with van der Waals surface area (Å²) in [7, 11) is 0. The Morgan fingerprint density at radius 3 is 2.40 bits per heavy atom. The summed E-state index contributed by atoms with van der Waals surface area (Å²) in [5.41, 5.74) is 5.97. The molecule has 1 amide bonds. The van der Waals surface area contributed by atoms with Crippen LogP contribution in [0.15, 0.2) is 42.5 Å². The lowest BCUT2D eigenvalue weighted by Crippen LogP contribution is -2.45. The van der Waals surface area contributed by atoms with Crippen LogP contribution >= 0.6 is 0 Å². The molecular formula is C22H26N2O. The predicted molar refractivity (Wildman–Crippen MR) is 103 cm³/mol. The van der Waals surface area contributed by atoms with E-state index in [2.05, 4.69) is 73.5 Å². The molecule has 1 fully saturated rings. The monoisotopic (exact) mass is 334 g/mol. The van der Waals surface area contributed by atoms with Gasteiger partial charge in [-0.2, -0.15) is 0 Å². The first kappa shape index (κ1) is 16.2. The molecule has 1 aliphatic carbocycles.